The fourth-order valence-electron chi connectivity index (χ4n) is 2.15. The molecule has 1 atom stereocenters. The second kappa shape index (κ2) is 5.88. The van der Waals surface area contributed by atoms with Gasteiger partial charge in [-0.1, -0.05) is 26.8 Å². The van der Waals surface area contributed by atoms with Crippen LogP contribution in [0.15, 0.2) is 18.3 Å². The van der Waals surface area contributed by atoms with E-state index in [9.17, 15) is 0 Å². The van der Waals surface area contributed by atoms with E-state index in [1.807, 2.05) is 12.3 Å². The molecule has 19 heavy (non-hydrogen) atoms. The van der Waals surface area contributed by atoms with Crippen LogP contribution in [0.1, 0.15) is 26.3 Å². The van der Waals surface area contributed by atoms with Crippen LogP contribution in [0.4, 0.5) is 5.82 Å². The van der Waals surface area contributed by atoms with Crippen molar-refractivity contribution in [1.82, 2.24) is 9.88 Å². The van der Waals surface area contributed by atoms with Gasteiger partial charge in [0, 0.05) is 25.8 Å². The molecule has 1 N–H and O–H groups in total. The van der Waals surface area contributed by atoms with Gasteiger partial charge >= 0.3 is 0 Å². The van der Waals surface area contributed by atoms with Crippen LogP contribution >= 0.6 is 0 Å². The molecule has 1 aromatic heterocycles. The van der Waals surface area contributed by atoms with Crippen molar-refractivity contribution < 1.29 is 4.74 Å². The summed E-state index contributed by atoms with van der Waals surface area (Å²) in [4.78, 5) is 6.77. The zero-order valence-electron chi connectivity index (χ0n) is 12.4. The molecule has 0 spiro atoms. The minimum absolute atomic E-state index is 0.153. The first-order chi connectivity index (χ1) is 8.95. The molecule has 2 rings (SSSR count). The number of ether oxygens (including phenoxy) is 1. The first kappa shape index (κ1) is 14.3. The molecule has 1 saturated heterocycles. The largest absolute Gasteiger partial charge is 0.374 e. The Balaban J connectivity index is 1.86. The molecular formula is C15H25N3O. The van der Waals surface area contributed by atoms with Gasteiger partial charge < -0.3 is 15.0 Å². The summed E-state index contributed by atoms with van der Waals surface area (Å²) < 4.78 is 5.72. The molecule has 0 saturated carbocycles. The van der Waals surface area contributed by atoms with Crippen molar-refractivity contribution in [3.8, 4) is 0 Å². The topological polar surface area (TPSA) is 37.4 Å². The highest BCUT2D eigenvalue weighted by molar-refractivity contribution is 5.37. The average Bonchev–Trinajstić information content (AvgIpc) is 2.36. The maximum atomic E-state index is 5.72. The van der Waals surface area contributed by atoms with Crippen LogP contribution in [0.25, 0.3) is 0 Å². The predicted octanol–water partition coefficient (Wildman–Crippen LogP) is 2.12. The number of hydrogen-bond donors (Lipinski definition) is 1. The van der Waals surface area contributed by atoms with Gasteiger partial charge in [-0.25, -0.2) is 4.98 Å². The zero-order chi connectivity index (χ0) is 13.9. The molecule has 1 unspecified atom stereocenters. The number of aromatic nitrogens is 1. The fraction of sp³-hybridized carbons (Fsp3) is 0.667. The van der Waals surface area contributed by atoms with Gasteiger partial charge in [0.25, 0.3) is 0 Å². The number of hydrogen-bond acceptors (Lipinski definition) is 4. The third kappa shape index (κ3) is 4.18. The Bertz CT molecular complexity index is 397. The van der Waals surface area contributed by atoms with Gasteiger partial charge in [-0.05, 0) is 24.1 Å². The molecule has 1 aliphatic heterocycles. The number of rotatable bonds is 3. The number of nitrogens with one attached hydrogen (secondary N) is 1. The standard InChI is InChI=1S/C15H25N3O/c1-15(2,3)12-5-6-14(16-9-12)17-10-13-11-18(4)7-8-19-13/h5-6,9,13H,7-8,10-11H2,1-4H3,(H,16,17). The fourth-order valence-corrected chi connectivity index (χ4v) is 2.15. The highest BCUT2D eigenvalue weighted by Crippen LogP contribution is 2.21. The van der Waals surface area contributed by atoms with Crippen LogP contribution in [0, 0.1) is 0 Å². The Morgan fingerprint density at radius 2 is 2.21 bits per heavy atom. The summed E-state index contributed by atoms with van der Waals surface area (Å²) in [5.74, 6) is 0.921. The van der Waals surface area contributed by atoms with Crippen LogP contribution in [0.5, 0.6) is 0 Å². The quantitative estimate of drug-likeness (QED) is 0.906. The predicted molar refractivity (Wildman–Crippen MR) is 78.7 cm³/mol. The highest BCUT2D eigenvalue weighted by Gasteiger charge is 2.17. The molecule has 0 amide bonds. The first-order valence-corrected chi connectivity index (χ1v) is 6.96. The molecule has 0 aliphatic carbocycles. The third-order valence-electron chi connectivity index (χ3n) is 3.48. The molecule has 1 aromatic rings. The molecule has 2 heterocycles. The van der Waals surface area contributed by atoms with Crippen LogP contribution in [0.3, 0.4) is 0 Å². The average molecular weight is 263 g/mol. The van der Waals surface area contributed by atoms with E-state index in [0.717, 1.165) is 32.1 Å². The molecule has 1 fully saturated rings. The van der Waals surface area contributed by atoms with Crippen molar-refractivity contribution in [2.75, 3.05) is 38.6 Å². The van der Waals surface area contributed by atoms with Gasteiger partial charge in [0.15, 0.2) is 0 Å². The van der Waals surface area contributed by atoms with E-state index in [1.165, 1.54) is 5.56 Å². The summed E-state index contributed by atoms with van der Waals surface area (Å²) in [6.07, 6.45) is 2.21. The van der Waals surface area contributed by atoms with Gasteiger partial charge in [0.2, 0.25) is 0 Å². The van der Waals surface area contributed by atoms with Gasteiger partial charge in [0.05, 0.1) is 12.7 Å². The van der Waals surface area contributed by atoms with E-state index in [-0.39, 0.29) is 11.5 Å². The molecule has 4 nitrogen and oxygen atoms in total. The minimum atomic E-state index is 0.153. The number of pyridine rings is 1. The van der Waals surface area contributed by atoms with Crippen molar-refractivity contribution in [2.45, 2.75) is 32.3 Å². The minimum Gasteiger partial charge on any atom is -0.374 e. The number of anilines is 1. The van der Waals surface area contributed by atoms with E-state index in [4.69, 9.17) is 4.74 Å². The Labute approximate surface area is 116 Å². The van der Waals surface area contributed by atoms with Crippen molar-refractivity contribution in [1.29, 1.82) is 0 Å². The Kier molecular flexibility index (Phi) is 4.42. The first-order valence-electron chi connectivity index (χ1n) is 6.96. The number of nitrogens with zero attached hydrogens (tertiary/aromatic N) is 2. The molecule has 0 radical (unpaired) electrons. The molecule has 0 bridgehead atoms. The second-order valence-electron chi connectivity index (χ2n) is 6.32. The van der Waals surface area contributed by atoms with Crippen molar-refractivity contribution in [3.63, 3.8) is 0 Å². The number of morpholine rings is 1. The third-order valence-corrected chi connectivity index (χ3v) is 3.48. The Morgan fingerprint density at radius 3 is 2.79 bits per heavy atom. The van der Waals surface area contributed by atoms with E-state index in [1.54, 1.807) is 0 Å². The van der Waals surface area contributed by atoms with E-state index >= 15 is 0 Å². The highest BCUT2D eigenvalue weighted by atomic mass is 16.5. The van der Waals surface area contributed by atoms with Crippen LogP contribution in [0.2, 0.25) is 0 Å². The Morgan fingerprint density at radius 1 is 1.42 bits per heavy atom. The van der Waals surface area contributed by atoms with Crippen LogP contribution in [-0.2, 0) is 10.2 Å². The van der Waals surface area contributed by atoms with E-state index in [2.05, 4.69) is 49.1 Å². The monoisotopic (exact) mass is 263 g/mol. The molecule has 4 heteroatoms. The molecule has 0 aromatic carbocycles. The summed E-state index contributed by atoms with van der Waals surface area (Å²) >= 11 is 0. The lowest BCUT2D eigenvalue weighted by molar-refractivity contribution is -0.0117. The van der Waals surface area contributed by atoms with Crippen molar-refractivity contribution >= 4 is 5.82 Å². The van der Waals surface area contributed by atoms with Crippen molar-refractivity contribution in [3.05, 3.63) is 23.9 Å². The van der Waals surface area contributed by atoms with E-state index < -0.39 is 0 Å². The lowest BCUT2D eigenvalue weighted by atomic mass is 9.88. The smallest absolute Gasteiger partial charge is 0.125 e. The summed E-state index contributed by atoms with van der Waals surface area (Å²) in [6.45, 7) is 10.2. The summed E-state index contributed by atoms with van der Waals surface area (Å²) in [5, 5.41) is 3.35. The SMILES string of the molecule is CN1CCOC(CNc2ccc(C(C)(C)C)cn2)C1. The van der Waals surface area contributed by atoms with Crippen molar-refractivity contribution in [2.24, 2.45) is 0 Å². The maximum Gasteiger partial charge on any atom is 0.125 e. The summed E-state index contributed by atoms with van der Waals surface area (Å²) in [7, 11) is 2.13. The zero-order valence-corrected chi connectivity index (χ0v) is 12.4. The van der Waals surface area contributed by atoms with Gasteiger partial charge in [-0.3, -0.25) is 0 Å². The normalized spacial score (nSPS) is 21.4. The molecule has 1 aliphatic rings. The maximum absolute atomic E-state index is 5.72. The lowest BCUT2D eigenvalue weighted by Crippen LogP contribution is -2.43. The van der Waals surface area contributed by atoms with Gasteiger partial charge in [0.1, 0.15) is 5.82 Å². The van der Waals surface area contributed by atoms with Crippen LogP contribution in [-0.4, -0.2) is 49.3 Å². The summed E-state index contributed by atoms with van der Waals surface area (Å²) in [5.41, 5.74) is 1.41. The van der Waals surface area contributed by atoms with Gasteiger partial charge in [-0.2, -0.15) is 0 Å². The molecule has 106 valence electrons. The molecular weight excluding hydrogens is 238 g/mol. The Hall–Kier alpha value is -1.13. The number of likely N-dealkylation sites (N-methyl/N-ethyl adjacent to an activating group) is 1. The van der Waals surface area contributed by atoms with E-state index in [0.29, 0.717) is 0 Å². The summed E-state index contributed by atoms with van der Waals surface area (Å²) in [6, 6.07) is 4.19. The second-order valence-corrected chi connectivity index (χ2v) is 6.32. The van der Waals surface area contributed by atoms with Crippen LogP contribution < -0.4 is 5.32 Å². The lowest BCUT2D eigenvalue weighted by Gasteiger charge is -2.30. The van der Waals surface area contributed by atoms with Gasteiger partial charge in [-0.15, -0.1) is 0 Å².